The van der Waals surface area contributed by atoms with Gasteiger partial charge in [-0.3, -0.25) is 0 Å². The average Bonchev–Trinajstić information content (AvgIpc) is 2.35. The Hall–Kier alpha value is -1.61. The van der Waals surface area contributed by atoms with Crippen molar-refractivity contribution in [2.24, 2.45) is 5.73 Å². The zero-order chi connectivity index (χ0) is 12.4. The molecular weight excluding hydrogens is 222 g/mol. The van der Waals surface area contributed by atoms with Crippen molar-refractivity contribution < 1.29 is 0 Å². The Bertz CT molecular complexity index is 529. The molecule has 1 saturated carbocycles. The Labute approximate surface area is 108 Å². The first-order valence-electron chi connectivity index (χ1n) is 6.70. The van der Waals surface area contributed by atoms with Crippen LogP contribution >= 0.6 is 0 Å². The second-order valence-electron chi connectivity index (χ2n) is 4.92. The van der Waals surface area contributed by atoms with Crippen molar-refractivity contribution in [3.63, 3.8) is 0 Å². The molecule has 94 valence electrons. The van der Waals surface area contributed by atoms with E-state index in [9.17, 15) is 0 Å². The van der Waals surface area contributed by atoms with Crippen molar-refractivity contribution in [1.29, 1.82) is 0 Å². The standard InChI is InChI=1S/C15H19N3/c16-9-11-18(13-5-3-6-13)15-14-7-2-1-4-12(14)8-10-17-15/h1-2,4,7-8,10,13H,3,5-6,9,11,16H2. The van der Waals surface area contributed by atoms with E-state index < -0.39 is 0 Å². The van der Waals surface area contributed by atoms with Gasteiger partial charge in [-0.1, -0.05) is 24.3 Å². The molecule has 3 rings (SSSR count). The lowest BCUT2D eigenvalue weighted by Gasteiger charge is -2.38. The first-order valence-corrected chi connectivity index (χ1v) is 6.70. The van der Waals surface area contributed by atoms with E-state index in [-0.39, 0.29) is 0 Å². The van der Waals surface area contributed by atoms with Gasteiger partial charge in [0.1, 0.15) is 5.82 Å². The molecule has 1 aliphatic carbocycles. The number of pyridine rings is 1. The predicted octanol–water partition coefficient (Wildman–Crippen LogP) is 2.55. The van der Waals surface area contributed by atoms with Crippen LogP contribution in [-0.2, 0) is 0 Å². The molecule has 0 aliphatic heterocycles. The fourth-order valence-corrected chi connectivity index (χ4v) is 2.63. The van der Waals surface area contributed by atoms with Crippen molar-refractivity contribution in [2.45, 2.75) is 25.3 Å². The molecule has 2 N–H and O–H groups in total. The van der Waals surface area contributed by atoms with Crippen molar-refractivity contribution in [3.8, 4) is 0 Å². The first kappa shape index (κ1) is 11.5. The molecule has 1 aromatic carbocycles. The van der Waals surface area contributed by atoms with E-state index >= 15 is 0 Å². The number of aromatic nitrogens is 1. The molecule has 0 amide bonds. The smallest absolute Gasteiger partial charge is 0.136 e. The zero-order valence-electron chi connectivity index (χ0n) is 10.5. The number of fused-ring (bicyclic) bond motifs is 1. The third-order valence-corrected chi connectivity index (χ3v) is 3.81. The summed E-state index contributed by atoms with van der Waals surface area (Å²) in [6, 6.07) is 11.1. The molecule has 1 aliphatic rings. The third-order valence-electron chi connectivity index (χ3n) is 3.81. The lowest BCUT2D eigenvalue weighted by atomic mass is 9.91. The molecule has 0 bridgehead atoms. The van der Waals surface area contributed by atoms with Crippen molar-refractivity contribution in [1.82, 2.24) is 4.98 Å². The van der Waals surface area contributed by atoms with E-state index in [2.05, 4.69) is 40.2 Å². The van der Waals surface area contributed by atoms with E-state index in [1.54, 1.807) is 0 Å². The number of benzene rings is 1. The normalized spacial score (nSPS) is 15.6. The van der Waals surface area contributed by atoms with Crippen LogP contribution in [0.2, 0.25) is 0 Å². The predicted molar refractivity (Wildman–Crippen MR) is 75.8 cm³/mol. The molecule has 0 unspecified atom stereocenters. The van der Waals surface area contributed by atoms with Gasteiger partial charge in [0.05, 0.1) is 0 Å². The lowest BCUT2D eigenvalue weighted by Crippen LogP contribution is -2.43. The molecule has 18 heavy (non-hydrogen) atoms. The summed E-state index contributed by atoms with van der Waals surface area (Å²) in [5.41, 5.74) is 5.76. The quantitative estimate of drug-likeness (QED) is 0.894. The third kappa shape index (κ3) is 1.95. The molecule has 0 saturated heterocycles. The molecule has 0 atom stereocenters. The Morgan fingerprint density at radius 1 is 1.22 bits per heavy atom. The number of hydrogen-bond acceptors (Lipinski definition) is 3. The summed E-state index contributed by atoms with van der Waals surface area (Å²) in [5, 5.41) is 2.49. The topological polar surface area (TPSA) is 42.1 Å². The van der Waals surface area contributed by atoms with E-state index in [1.165, 1.54) is 30.0 Å². The van der Waals surface area contributed by atoms with Gasteiger partial charge in [0.15, 0.2) is 0 Å². The second kappa shape index (κ2) is 4.94. The van der Waals surface area contributed by atoms with Gasteiger partial charge in [-0.2, -0.15) is 0 Å². The molecule has 3 nitrogen and oxygen atoms in total. The molecule has 1 heterocycles. The van der Waals surface area contributed by atoms with Gasteiger partial charge in [-0.25, -0.2) is 4.98 Å². The van der Waals surface area contributed by atoms with Gasteiger partial charge >= 0.3 is 0 Å². The Kier molecular flexibility index (Phi) is 3.15. The fraction of sp³-hybridized carbons (Fsp3) is 0.400. The maximum absolute atomic E-state index is 5.76. The van der Waals surface area contributed by atoms with Crippen LogP contribution in [0, 0.1) is 0 Å². The SMILES string of the molecule is NCCN(c1nccc2ccccc12)C1CCC1. The van der Waals surface area contributed by atoms with Crippen LogP contribution in [0.1, 0.15) is 19.3 Å². The highest BCUT2D eigenvalue weighted by atomic mass is 15.2. The van der Waals surface area contributed by atoms with E-state index in [1.807, 2.05) is 6.20 Å². The molecule has 3 heteroatoms. The number of rotatable bonds is 4. The summed E-state index contributed by atoms with van der Waals surface area (Å²) in [7, 11) is 0. The minimum absolute atomic E-state index is 0.631. The van der Waals surface area contributed by atoms with E-state index in [0.29, 0.717) is 12.6 Å². The first-order chi connectivity index (χ1) is 8.90. The maximum atomic E-state index is 5.76. The van der Waals surface area contributed by atoms with Crippen LogP contribution in [-0.4, -0.2) is 24.1 Å². The molecule has 0 spiro atoms. The van der Waals surface area contributed by atoms with Gasteiger partial charge in [0.25, 0.3) is 0 Å². The summed E-state index contributed by atoms with van der Waals surface area (Å²) in [4.78, 5) is 6.99. The van der Waals surface area contributed by atoms with Crippen LogP contribution < -0.4 is 10.6 Å². The maximum Gasteiger partial charge on any atom is 0.136 e. The highest BCUT2D eigenvalue weighted by molar-refractivity contribution is 5.92. The Morgan fingerprint density at radius 3 is 2.78 bits per heavy atom. The summed E-state index contributed by atoms with van der Waals surface area (Å²) < 4.78 is 0. The summed E-state index contributed by atoms with van der Waals surface area (Å²) in [6.45, 7) is 1.58. The number of nitrogens with two attached hydrogens (primary N) is 1. The largest absolute Gasteiger partial charge is 0.352 e. The van der Waals surface area contributed by atoms with Gasteiger partial charge in [0, 0.05) is 30.7 Å². The summed E-state index contributed by atoms with van der Waals surface area (Å²) >= 11 is 0. The fourth-order valence-electron chi connectivity index (χ4n) is 2.63. The highest BCUT2D eigenvalue weighted by Gasteiger charge is 2.26. The van der Waals surface area contributed by atoms with Crippen LogP contribution in [0.4, 0.5) is 5.82 Å². The summed E-state index contributed by atoms with van der Waals surface area (Å²) in [6.07, 6.45) is 5.77. The number of anilines is 1. The molecule has 2 aromatic rings. The molecular formula is C15H19N3. The summed E-state index contributed by atoms with van der Waals surface area (Å²) in [5.74, 6) is 1.10. The lowest BCUT2D eigenvalue weighted by molar-refractivity contribution is 0.386. The Balaban J connectivity index is 2.04. The molecule has 1 fully saturated rings. The Morgan fingerprint density at radius 2 is 2.06 bits per heavy atom. The van der Waals surface area contributed by atoms with Crippen molar-refractivity contribution in [2.75, 3.05) is 18.0 Å². The molecule has 1 aromatic heterocycles. The monoisotopic (exact) mass is 241 g/mol. The van der Waals surface area contributed by atoms with Crippen LogP contribution in [0.15, 0.2) is 36.5 Å². The van der Waals surface area contributed by atoms with Crippen molar-refractivity contribution >= 4 is 16.6 Å². The number of nitrogens with zero attached hydrogens (tertiary/aromatic N) is 2. The van der Waals surface area contributed by atoms with Crippen LogP contribution in [0.5, 0.6) is 0 Å². The zero-order valence-corrected chi connectivity index (χ0v) is 10.5. The second-order valence-corrected chi connectivity index (χ2v) is 4.92. The van der Waals surface area contributed by atoms with E-state index in [4.69, 9.17) is 5.73 Å². The van der Waals surface area contributed by atoms with Crippen LogP contribution in [0.25, 0.3) is 10.8 Å². The van der Waals surface area contributed by atoms with Gasteiger partial charge in [-0.15, -0.1) is 0 Å². The van der Waals surface area contributed by atoms with Gasteiger partial charge in [-0.05, 0) is 30.7 Å². The van der Waals surface area contributed by atoms with Gasteiger partial charge in [0.2, 0.25) is 0 Å². The van der Waals surface area contributed by atoms with Crippen molar-refractivity contribution in [3.05, 3.63) is 36.5 Å². The average molecular weight is 241 g/mol. The highest BCUT2D eigenvalue weighted by Crippen LogP contribution is 2.32. The van der Waals surface area contributed by atoms with Gasteiger partial charge < -0.3 is 10.6 Å². The molecule has 0 radical (unpaired) electrons. The minimum Gasteiger partial charge on any atom is -0.352 e. The minimum atomic E-state index is 0.631. The number of hydrogen-bond donors (Lipinski definition) is 1. The van der Waals surface area contributed by atoms with E-state index in [0.717, 1.165) is 12.4 Å². The van der Waals surface area contributed by atoms with Crippen LogP contribution in [0.3, 0.4) is 0 Å².